The Morgan fingerprint density at radius 3 is 2.29 bits per heavy atom. The molecule has 0 aromatic rings. The maximum Gasteiger partial charge on any atom is 0.0825 e. The van der Waals surface area contributed by atoms with E-state index < -0.39 is 6.10 Å². The average molecular weight is 105 g/mol. The van der Waals surface area contributed by atoms with Crippen LogP contribution in [0.2, 0.25) is 0 Å². The normalized spacial score (nSPS) is 14.1. The third-order valence-electron chi connectivity index (χ3n) is 0.588. The first-order valence-electron chi connectivity index (χ1n) is 2.06. The van der Waals surface area contributed by atoms with Gasteiger partial charge in [0.2, 0.25) is 0 Å². The molecule has 0 bridgehead atoms. The molecule has 1 radical (unpaired) electrons. The molecule has 0 fully saturated rings. The number of hydrogen-bond acceptors (Lipinski definition) is 3. The molecule has 0 aromatic carbocycles. The Bertz CT molecular complexity index is 37.9. The minimum absolute atomic E-state index is 0.135. The van der Waals surface area contributed by atoms with Crippen molar-refractivity contribution in [1.82, 2.24) is 0 Å². The fourth-order valence-electron chi connectivity index (χ4n) is 0.196. The monoisotopic (exact) mass is 105 g/mol. The van der Waals surface area contributed by atoms with Crippen LogP contribution in [0.4, 0.5) is 0 Å². The van der Waals surface area contributed by atoms with Crippen LogP contribution in [-0.2, 0) is 0 Å². The molecule has 3 nitrogen and oxygen atoms in total. The Morgan fingerprint density at radius 1 is 1.57 bits per heavy atom. The molecule has 0 amide bonds. The Labute approximate surface area is 42.2 Å². The van der Waals surface area contributed by atoms with E-state index in [1.807, 2.05) is 0 Å². The van der Waals surface area contributed by atoms with E-state index in [0.29, 0.717) is 0 Å². The highest BCUT2D eigenvalue weighted by molar-refractivity contribution is 4.56. The maximum absolute atomic E-state index is 8.42. The lowest BCUT2D eigenvalue weighted by Crippen LogP contribution is -2.10. The summed E-state index contributed by atoms with van der Waals surface area (Å²) in [5, 5.41) is 24.5. The zero-order valence-electron chi connectivity index (χ0n) is 3.91. The predicted molar refractivity (Wildman–Crippen MR) is 23.9 cm³/mol. The zero-order chi connectivity index (χ0) is 5.70. The van der Waals surface area contributed by atoms with Gasteiger partial charge in [0.1, 0.15) is 0 Å². The molecule has 1 atom stereocenters. The van der Waals surface area contributed by atoms with Gasteiger partial charge in [-0.15, -0.1) is 0 Å². The van der Waals surface area contributed by atoms with Gasteiger partial charge in [0, 0.05) is 6.42 Å². The molecule has 0 saturated carbocycles. The Balaban J connectivity index is 2.83. The molecular formula is C4H9O3. The standard InChI is InChI=1S/C4H9O3/c5-2-1-4(7)3-6/h2,4-7H,1,3H2. The van der Waals surface area contributed by atoms with Gasteiger partial charge >= 0.3 is 0 Å². The largest absolute Gasteiger partial charge is 0.394 e. The van der Waals surface area contributed by atoms with E-state index in [0.717, 1.165) is 6.61 Å². The van der Waals surface area contributed by atoms with Gasteiger partial charge in [-0.1, -0.05) is 0 Å². The van der Waals surface area contributed by atoms with E-state index in [9.17, 15) is 0 Å². The van der Waals surface area contributed by atoms with Crippen molar-refractivity contribution in [2.75, 3.05) is 6.61 Å². The molecule has 0 spiro atoms. The lowest BCUT2D eigenvalue weighted by molar-refractivity contribution is 0.0846. The molecular weight excluding hydrogens is 96.0 g/mol. The molecule has 0 aromatic heterocycles. The summed E-state index contributed by atoms with van der Waals surface area (Å²) in [6, 6.07) is 0. The van der Waals surface area contributed by atoms with Gasteiger partial charge in [0.15, 0.2) is 0 Å². The minimum Gasteiger partial charge on any atom is -0.394 e. The van der Waals surface area contributed by atoms with Crippen molar-refractivity contribution in [3.63, 3.8) is 0 Å². The SMILES string of the molecule is O[CH]CC(O)CO. The molecule has 1 unspecified atom stereocenters. The lowest BCUT2D eigenvalue weighted by Gasteiger charge is -2.00. The molecule has 0 saturated heterocycles. The molecule has 3 heteroatoms. The van der Waals surface area contributed by atoms with Crippen LogP contribution in [0.5, 0.6) is 0 Å². The molecule has 0 aliphatic heterocycles. The van der Waals surface area contributed by atoms with E-state index in [1.54, 1.807) is 0 Å². The summed E-state index contributed by atoms with van der Waals surface area (Å²) < 4.78 is 0. The van der Waals surface area contributed by atoms with Crippen LogP contribution >= 0.6 is 0 Å². The van der Waals surface area contributed by atoms with Crippen LogP contribution < -0.4 is 0 Å². The third kappa shape index (κ3) is 3.72. The van der Waals surface area contributed by atoms with Crippen LogP contribution in [0.15, 0.2) is 0 Å². The fourth-order valence-corrected chi connectivity index (χ4v) is 0.196. The second kappa shape index (κ2) is 4.05. The van der Waals surface area contributed by atoms with Crippen LogP contribution in [0.25, 0.3) is 0 Å². The van der Waals surface area contributed by atoms with Gasteiger partial charge in [-0.25, -0.2) is 0 Å². The van der Waals surface area contributed by atoms with Gasteiger partial charge in [0.05, 0.1) is 19.3 Å². The number of aliphatic hydroxyl groups excluding tert-OH is 3. The zero-order valence-corrected chi connectivity index (χ0v) is 3.91. The number of aliphatic hydroxyl groups is 3. The second-order valence-corrected chi connectivity index (χ2v) is 1.25. The van der Waals surface area contributed by atoms with Crippen LogP contribution in [0.3, 0.4) is 0 Å². The fraction of sp³-hybridized carbons (Fsp3) is 0.750. The molecule has 0 heterocycles. The summed E-state index contributed by atoms with van der Waals surface area (Å²) in [6.07, 6.45) is -0.666. The van der Waals surface area contributed by atoms with Crippen molar-refractivity contribution in [2.24, 2.45) is 0 Å². The van der Waals surface area contributed by atoms with Crippen molar-refractivity contribution in [2.45, 2.75) is 12.5 Å². The molecule has 0 aliphatic carbocycles. The predicted octanol–water partition coefficient (Wildman–Crippen LogP) is -0.736. The van der Waals surface area contributed by atoms with Crippen LogP contribution in [0, 0.1) is 6.61 Å². The number of rotatable bonds is 3. The van der Waals surface area contributed by atoms with E-state index in [1.165, 1.54) is 0 Å². The van der Waals surface area contributed by atoms with Crippen molar-refractivity contribution >= 4 is 0 Å². The number of hydrogen-bond donors (Lipinski definition) is 3. The van der Waals surface area contributed by atoms with Gasteiger partial charge in [-0.05, 0) is 0 Å². The van der Waals surface area contributed by atoms with Crippen LogP contribution in [-0.4, -0.2) is 28.0 Å². The van der Waals surface area contributed by atoms with Crippen molar-refractivity contribution in [3.8, 4) is 0 Å². The summed E-state index contributed by atoms with van der Waals surface area (Å²) in [4.78, 5) is 0. The summed E-state index contributed by atoms with van der Waals surface area (Å²) in [7, 11) is 0. The molecule has 43 valence electrons. The van der Waals surface area contributed by atoms with E-state index in [-0.39, 0.29) is 13.0 Å². The topological polar surface area (TPSA) is 60.7 Å². The Morgan fingerprint density at radius 2 is 2.14 bits per heavy atom. The molecule has 3 N–H and O–H groups in total. The average Bonchev–Trinajstić information content (AvgIpc) is 1.68. The quantitative estimate of drug-likeness (QED) is 0.443. The van der Waals surface area contributed by atoms with Crippen molar-refractivity contribution < 1.29 is 15.3 Å². The van der Waals surface area contributed by atoms with E-state index >= 15 is 0 Å². The summed E-state index contributed by atoms with van der Waals surface area (Å²) in [6.45, 7) is 0.526. The molecule has 7 heavy (non-hydrogen) atoms. The van der Waals surface area contributed by atoms with Crippen molar-refractivity contribution in [1.29, 1.82) is 0 Å². The Hall–Kier alpha value is -0.120. The minimum atomic E-state index is -0.801. The summed E-state index contributed by atoms with van der Waals surface area (Å²) in [5.74, 6) is 0. The first-order chi connectivity index (χ1) is 3.31. The highest BCUT2D eigenvalue weighted by atomic mass is 16.3. The molecule has 0 rings (SSSR count). The highest BCUT2D eigenvalue weighted by Gasteiger charge is 1.97. The first-order valence-corrected chi connectivity index (χ1v) is 2.06. The maximum atomic E-state index is 8.42. The Kier molecular flexibility index (Phi) is 3.98. The van der Waals surface area contributed by atoms with Gasteiger partial charge in [-0.2, -0.15) is 0 Å². The lowest BCUT2D eigenvalue weighted by atomic mass is 10.3. The van der Waals surface area contributed by atoms with Gasteiger partial charge in [0.25, 0.3) is 0 Å². The molecule has 0 aliphatic rings. The smallest absolute Gasteiger partial charge is 0.0825 e. The van der Waals surface area contributed by atoms with E-state index in [4.69, 9.17) is 15.3 Å². The van der Waals surface area contributed by atoms with Gasteiger partial charge in [-0.3, -0.25) is 0 Å². The third-order valence-corrected chi connectivity index (χ3v) is 0.588. The summed E-state index contributed by atoms with van der Waals surface area (Å²) in [5.41, 5.74) is 0. The summed E-state index contributed by atoms with van der Waals surface area (Å²) >= 11 is 0. The van der Waals surface area contributed by atoms with Crippen molar-refractivity contribution in [3.05, 3.63) is 6.61 Å². The van der Waals surface area contributed by atoms with Gasteiger partial charge < -0.3 is 15.3 Å². The van der Waals surface area contributed by atoms with E-state index in [2.05, 4.69) is 0 Å². The highest BCUT2D eigenvalue weighted by Crippen LogP contribution is 1.88. The second-order valence-electron chi connectivity index (χ2n) is 1.25. The van der Waals surface area contributed by atoms with Crippen LogP contribution in [0.1, 0.15) is 6.42 Å². The first kappa shape index (κ1) is 6.88.